The van der Waals surface area contributed by atoms with Gasteiger partial charge in [0.15, 0.2) is 0 Å². The zero-order chi connectivity index (χ0) is 13.1. The van der Waals surface area contributed by atoms with Crippen LogP contribution in [0.4, 0.5) is 5.69 Å². The molecule has 0 aliphatic carbocycles. The first-order valence-electron chi connectivity index (χ1n) is 5.52. The van der Waals surface area contributed by atoms with Gasteiger partial charge < -0.3 is 10.5 Å². The monoisotopic (exact) mass is 299 g/mol. The first-order valence-corrected chi connectivity index (χ1v) is 6.31. The molecule has 17 heavy (non-hydrogen) atoms. The number of hydrogen-bond donors (Lipinski definition) is 1. The fourth-order valence-corrected chi connectivity index (χ4v) is 1.59. The van der Waals surface area contributed by atoms with E-state index in [1.807, 2.05) is 0 Å². The van der Waals surface area contributed by atoms with E-state index in [1.165, 1.54) is 0 Å². The number of carbonyl (C=O) groups is 1. The Morgan fingerprint density at radius 2 is 2.06 bits per heavy atom. The minimum atomic E-state index is -0.368. The minimum Gasteiger partial charge on any atom is -0.462 e. The van der Waals surface area contributed by atoms with Crippen LogP contribution in [0.25, 0.3) is 0 Å². The van der Waals surface area contributed by atoms with Crippen molar-refractivity contribution in [2.75, 3.05) is 12.3 Å². The smallest absolute Gasteiger partial charge is 0.340 e. The standard InChI is InChI=1S/C13H18BrNO2/c1-13(2,3)6-7-17-12(16)10-8-9(14)4-5-11(10)15/h4-5,8H,6-7,15H2,1-3H3. The van der Waals surface area contributed by atoms with Gasteiger partial charge in [-0.3, -0.25) is 0 Å². The number of nitrogens with two attached hydrogens (primary N) is 1. The second-order valence-corrected chi connectivity index (χ2v) is 6.09. The minimum absolute atomic E-state index is 0.156. The molecule has 0 aliphatic rings. The Balaban J connectivity index is 2.61. The second-order valence-electron chi connectivity index (χ2n) is 5.18. The van der Waals surface area contributed by atoms with Gasteiger partial charge in [0, 0.05) is 10.2 Å². The van der Waals surface area contributed by atoms with Crippen molar-refractivity contribution >= 4 is 27.6 Å². The highest BCUT2D eigenvalue weighted by atomic mass is 79.9. The summed E-state index contributed by atoms with van der Waals surface area (Å²) >= 11 is 3.30. The molecule has 0 saturated carbocycles. The van der Waals surface area contributed by atoms with Gasteiger partial charge in [-0.2, -0.15) is 0 Å². The van der Waals surface area contributed by atoms with Gasteiger partial charge in [-0.1, -0.05) is 36.7 Å². The van der Waals surface area contributed by atoms with Crippen LogP contribution in [0.3, 0.4) is 0 Å². The molecule has 1 aromatic rings. The van der Waals surface area contributed by atoms with Crippen molar-refractivity contribution in [1.82, 2.24) is 0 Å². The van der Waals surface area contributed by atoms with Crippen LogP contribution in [0.5, 0.6) is 0 Å². The van der Waals surface area contributed by atoms with Gasteiger partial charge >= 0.3 is 5.97 Å². The molecule has 3 nitrogen and oxygen atoms in total. The first-order chi connectivity index (χ1) is 7.79. The highest BCUT2D eigenvalue weighted by Crippen LogP contribution is 2.21. The maximum absolute atomic E-state index is 11.8. The van der Waals surface area contributed by atoms with Crippen LogP contribution >= 0.6 is 15.9 Å². The molecule has 4 heteroatoms. The fourth-order valence-electron chi connectivity index (χ4n) is 1.23. The number of anilines is 1. The lowest BCUT2D eigenvalue weighted by Crippen LogP contribution is -2.14. The molecule has 0 bridgehead atoms. The topological polar surface area (TPSA) is 52.3 Å². The van der Waals surface area contributed by atoms with Gasteiger partial charge in [-0.15, -0.1) is 0 Å². The summed E-state index contributed by atoms with van der Waals surface area (Å²) in [5, 5.41) is 0. The summed E-state index contributed by atoms with van der Waals surface area (Å²) in [5.74, 6) is -0.368. The van der Waals surface area contributed by atoms with Crippen molar-refractivity contribution in [3.8, 4) is 0 Å². The van der Waals surface area contributed by atoms with E-state index >= 15 is 0 Å². The number of hydrogen-bond acceptors (Lipinski definition) is 3. The van der Waals surface area contributed by atoms with Crippen molar-refractivity contribution in [1.29, 1.82) is 0 Å². The summed E-state index contributed by atoms with van der Waals surface area (Å²) in [6.45, 7) is 6.73. The van der Waals surface area contributed by atoms with Crippen molar-refractivity contribution in [3.05, 3.63) is 28.2 Å². The molecule has 0 heterocycles. The molecule has 1 rings (SSSR count). The number of esters is 1. The number of halogens is 1. The van der Waals surface area contributed by atoms with Crippen molar-refractivity contribution in [3.63, 3.8) is 0 Å². The Hall–Kier alpha value is -1.03. The van der Waals surface area contributed by atoms with Gasteiger partial charge in [0.1, 0.15) is 0 Å². The van der Waals surface area contributed by atoms with Crippen molar-refractivity contribution in [2.24, 2.45) is 5.41 Å². The number of carbonyl (C=O) groups excluding carboxylic acids is 1. The predicted octanol–water partition coefficient (Wildman–Crippen LogP) is 3.62. The molecule has 1 aromatic carbocycles. The van der Waals surface area contributed by atoms with Crippen LogP contribution < -0.4 is 5.73 Å². The molecule has 0 saturated heterocycles. The van der Waals surface area contributed by atoms with E-state index < -0.39 is 0 Å². The molecule has 0 spiro atoms. The normalized spacial score (nSPS) is 11.3. The molecule has 0 unspecified atom stereocenters. The summed E-state index contributed by atoms with van der Waals surface area (Å²) in [5.41, 5.74) is 6.73. The number of ether oxygens (including phenoxy) is 1. The zero-order valence-electron chi connectivity index (χ0n) is 10.4. The summed E-state index contributed by atoms with van der Waals surface area (Å²) in [6, 6.07) is 5.15. The van der Waals surface area contributed by atoms with Gasteiger partial charge in [0.2, 0.25) is 0 Å². The molecule has 0 atom stereocenters. The molecular weight excluding hydrogens is 282 g/mol. The van der Waals surface area contributed by atoms with E-state index in [9.17, 15) is 4.79 Å². The van der Waals surface area contributed by atoms with Gasteiger partial charge in [0.05, 0.1) is 12.2 Å². The van der Waals surface area contributed by atoms with Crippen LogP contribution in [-0.2, 0) is 4.74 Å². The van der Waals surface area contributed by atoms with Crippen LogP contribution in [-0.4, -0.2) is 12.6 Å². The lowest BCUT2D eigenvalue weighted by atomic mass is 9.93. The molecule has 0 aromatic heterocycles. The van der Waals surface area contributed by atoms with E-state index in [0.717, 1.165) is 10.9 Å². The summed E-state index contributed by atoms with van der Waals surface area (Å²) < 4.78 is 6.01. The quantitative estimate of drug-likeness (QED) is 0.685. The summed E-state index contributed by atoms with van der Waals surface area (Å²) in [7, 11) is 0. The Morgan fingerprint density at radius 1 is 1.41 bits per heavy atom. The SMILES string of the molecule is CC(C)(C)CCOC(=O)c1cc(Br)ccc1N. The largest absolute Gasteiger partial charge is 0.462 e. The lowest BCUT2D eigenvalue weighted by Gasteiger charge is -2.17. The Morgan fingerprint density at radius 3 is 2.65 bits per heavy atom. The summed E-state index contributed by atoms with van der Waals surface area (Å²) in [4.78, 5) is 11.8. The molecule has 94 valence electrons. The predicted molar refractivity (Wildman–Crippen MR) is 72.9 cm³/mol. The van der Waals surface area contributed by atoms with Gasteiger partial charge in [-0.25, -0.2) is 4.79 Å². The van der Waals surface area contributed by atoms with Crippen LogP contribution in [0.1, 0.15) is 37.6 Å². The van der Waals surface area contributed by atoms with E-state index in [1.54, 1.807) is 18.2 Å². The maximum atomic E-state index is 11.8. The van der Waals surface area contributed by atoms with E-state index in [2.05, 4.69) is 36.7 Å². The fraction of sp³-hybridized carbons (Fsp3) is 0.462. The third-order valence-electron chi connectivity index (χ3n) is 2.32. The third-order valence-corrected chi connectivity index (χ3v) is 2.81. The molecule has 0 aliphatic heterocycles. The Kier molecular flexibility index (Phi) is 4.57. The molecule has 0 amide bonds. The first kappa shape index (κ1) is 14.0. The third kappa shape index (κ3) is 4.77. The van der Waals surface area contributed by atoms with E-state index in [4.69, 9.17) is 10.5 Å². The number of benzene rings is 1. The highest BCUT2D eigenvalue weighted by molar-refractivity contribution is 9.10. The van der Waals surface area contributed by atoms with Gasteiger partial charge in [-0.05, 0) is 30.0 Å². The molecule has 0 radical (unpaired) electrons. The van der Waals surface area contributed by atoms with Gasteiger partial charge in [0.25, 0.3) is 0 Å². The number of nitrogen functional groups attached to an aromatic ring is 1. The molecule has 0 fully saturated rings. The van der Waals surface area contributed by atoms with Crippen LogP contribution in [0, 0.1) is 5.41 Å². The second kappa shape index (κ2) is 5.54. The average molecular weight is 300 g/mol. The van der Waals surface area contributed by atoms with E-state index in [0.29, 0.717) is 17.9 Å². The van der Waals surface area contributed by atoms with Crippen molar-refractivity contribution in [2.45, 2.75) is 27.2 Å². The van der Waals surface area contributed by atoms with E-state index in [-0.39, 0.29) is 11.4 Å². The van der Waals surface area contributed by atoms with Crippen LogP contribution in [0.15, 0.2) is 22.7 Å². The molecular formula is C13H18BrNO2. The van der Waals surface area contributed by atoms with Crippen molar-refractivity contribution < 1.29 is 9.53 Å². The zero-order valence-corrected chi connectivity index (χ0v) is 12.0. The highest BCUT2D eigenvalue weighted by Gasteiger charge is 2.14. The molecule has 2 N–H and O–H groups in total. The lowest BCUT2D eigenvalue weighted by molar-refractivity contribution is 0.0466. The Bertz CT molecular complexity index is 410. The maximum Gasteiger partial charge on any atom is 0.340 e. The number of rotatable bonds is 3. The van der Waals surface area contributed by atoms with Crippen LogP contribution in [0.2, 0.25) is 0 Å². The average Bonchev–Trinajstić information content (AvgIpc) is 2.19. The summed E-state index contributed by atoms with van der Waals surface area (Å²) in [6.07, 6.45) is 0.826. The Labute approximate surface area is 110 Å².